The van der Waals surface area contributed by atoms with E-state index >= 15 is 0 Å². The molecule has 9 nitrogen and oxygen atoms in total. The van der Waals surface area contributed by atoms with Crippen LogP contribution < -0.4 is 9.46 Å². The fourth-order valence-electron chi connectivity index (χ4n) is 2.44. The molecule has 0 spiro atoms. The standard InChI is InChI=1S/C19H18N4O5S/c1-2-12-28-19-11-10-18(20-21-19)14-6-8-15(9-7-14)22-29(26,27)17-5-3-4-16(13-17)23(24)25/h3-11,13,22H,2,12H2,1H3. The molecule has 0 aliphatic carbocycles. The number of rotatable bonds is 8. The van der Waals surface area contributed by atoms with Crippen LogP contribution in [0.15, 0.2) is 65.6 Å². The first kappa shape index (κ1) is 20.2. The number of nitrogens with zero attached hydrogens (tertiary/aromatic N) is 3. The van der Waals surface area contributed by atoms with Crippen molar-refractivity contribution in [2.24, 2.45) is 0 Å². The molecule has 0 saturated heterocycles. The summed E-state index contributed by atoms with van der Waals surface area (Å²) in [6, 6.07) is 14.9. The van der Waals surface area contributed by atoms with Gasteiger partial charge in [0.1, 0.15) is 0 Å². The number of benzene rings is 2. The number of nitrogens with one attached hydrogen (secondary N) is 1. The fourth-order valence-corrected chi connectivity index (χ4v) is 3.54. The van der Waals surface area contributed by atoms with Crippen molar-refractivity contribution in [3.8, 4) is 17.1 Å². The molecule has 0 aliphatic rings. The molecule has 0 radical (unpaired) electrons. The van der Waals surface area contributed by atoms with Crippen LogP contribution in [-0.2, 0) is 10.0 Å². The van der Waals surface area contributed by atoms with Gasteiger partial charge in [-0.2, -0.15) is 0 Å². The van der Waals surface area contributed by atoms with Gasteiger partial charge in [0.15, 0.2) is 0 Å². The number of non-ortho nitro benzene ring substituents is 1. The highest BCUT2D eigenvalue weighted by Crippen LogP contribution is 2.23. The van der Waals surface area contributed by atoms with E-state index < -0.39 is 14.9 Å². The molecule has 0 atom stereocenters. The first-order valence-corrected chi connectivity index (χ1v) is 10.2. The third-order valence-corrected chi connectivity index (χ3v) is 5.24. The quantitative estimate of drug-likeness (QED) is 0.441. The third-order valence-electron chi connectivity index (χ3n) is 3.87. The summed E-state index contributed by atoms with van der Waals surface area (Å²) in [4.78, 5) is 10.0. The fraction of sp³-hybridized carbons (Fsp3) is 0.158. The maximum atomic E-state index is 12.5. The summed E-state index contributed by atoms with van der Waals surface area (Å²) in [7, 11) is -3.96. The average Bonchev–Trinajstić information content (AvgIpc) is 2.73. The Bertz CT molecular complexity index is 1100. The lowest BCUT2D eigenvalue weighted by molar-refractivity contribution is -0.385. The van der Waals surface area contributed by atoms with E-state index in [-0.39, 0.29) is 10.6 Å². The summed E-state index contributed by atoms with van der Waals surface area (Å²) in [5.41, 5.74) is 1.38. The summed E-state index contributed by atoms with van der Waals surface area (Å²) in [5, 5.41) is 19.0. The Morgan fingerprint density at radius 2 is 1.83 bits per heavy atom. The molecular formula is C19H18N4O5S. The molecule has 10 heteroatoms. The topological polar surface area (TPSA) is 124 Å². The Morgan fingerprint density at radius 1 is 1.07 bits per heavy atom. The first-order valence-electron chi connectivity index (χ1n) is 8.73. The SMILES string of the molecule is CCCOc1ccc(-c2ccc(NS(=O)(=O)c3cccc([N+](=O)[O-])c3)cc2)nn1. The zero-order valence-corrected chi connectivity index (χ0v) is 16.3. The Kier molecular flexibility index (Phi) is 6.03. The highest BCUT2D eigenvalue weighted by molar-refractivity contribution is 7.92. The van der Waals surface area contributed by atoms with Crippen molar-refractivity contribution in [1.82, 2.24) is 10.2 Å². The molecule has 0 bridgehead atoms. The maximum Gasteiger partial charge on any atom is 0.270 e. The summed E-state index contributed by atoms with van der Waals surface area (Å²) in [6.45, 7) is 2.56. The lowest BCUT2D eigenvalue weighted by Gasteiger charge is -2.09. The Labute approximate surface area is 167 Å². The van der Waals surface area contributed by atoms with Crippen LogP contribution in [0.3, 0.4) is 0 Å². The lowest BCUT2D eigenvalue weighted by atomic mass is 10.1. The van der Waals surface area contributed by atoms with Crippen molar-refractivity contribution in [2.45, 2.75) is 18.2 Å². The molecule has 3 rings (SSSR count). The minimum Gasteiger partial charge on any atom is -0.477 e. The van der Waals surface area contributed by atoms with Crippen molar-refractivity contribution >= 4 is 21.4 Å². The van der Waals surface area contributed by atoms with E-state index in [2.05, 4.69) is 14.9 Å². The van der Waals surface area contributed by atoms with Gasteiger partial charge in [0, 0.05) is 29.4 Å². The van der Waals surface area contributed by atoms with Gasteiger partial charge in [-0.15, -0.1) is 10.2 Å². The van der Waals surface area contributed by atoms with Gasteiger partial charge >= 0.3 is 0 Å². The minimum atomic E-state index is -3.96. The van der Waals surface area contributed by atoms with Crippen molar-refractivity contribution in [1.29, 1.82) is 0 Å². The average molecular weight is 414 g/mol. The molecule has 0 aliphatic heterocycles. The molecule has 2 aromatic carbocycles. The van der Waals surface area contributed by atoms with E-state index in [1.165, 1.54) is 18.2 Å². The molecule has 1 aromatic heterocycles. The maximum absolute atomic E-state index is 12.5. The van der Waals surface area contributed by atoms with E-state index in [1.807, 2.05) is 6.92 Å². The number of ether oxygens (including phenoxy) is 1. The summed E-state index contributed by atoms with van der Waals surface area (Å²) >= 11 is 0. The second-order valence-electron chi connectivity index (χ2n) is 6.04. The molecule has 150 valence electrons. The van der Waals surface area contributed by atoms with E-state index in [1.54, 1.807) is 36.4 Å². The second kappa shape index (κ2) is 8.65. The molecule has 0 fully saturated rings. The Morgan fingerprint density at radius 3 is 2.45 bits per heavy atom. The second-order valence-corrected chi connectivity index (χ2v) is 7.72. The van der Waals surface area contributed by atoms with Crippen LogP contribution >= 0.6 is 0 Å². The van der Waals surface area contributed by atoms with Crippen molar-refractivity contribution in [3.05, 3.63) is 70.8 Å². The number of hydrogen-bond donors (Lipinski definition) is 1. The van der Waals surface area contributed by atoms with Crippen LogP contribution in [0.2, 0.25) is 0 Å². The smallest absolute Gasteiger partial charge is 0.270 e. The summed E-state index contributed by atoms with van der Waals surface area (Å²) in [6.07, 6.45) is 0.872. The van der Waals surface area contributed by atoms with Crippen molar-refractivity contribution in [3.63, 3.8) is 0 Å². The lowest BCUT2D eigenvalue weighted by Crippen LogP contribution is -2.13. The number of nitro benzene ring substituents is 1. The van der Waals surface area contributed by atoms with Gasteiger partial charge in [0.25, 0.3) is 15.7 Å². The predicted octanol–water partition coefficient (Wildman–Crippen LogP) is 3.64. The molecular weight excluding hydrogens is 396 g/mol. The number of aromatic nitrogens is 2. The van der Waals surface area contributed by atoms with Gasteiger partial charge in [0.2, 0.25) is 5.88 Å². The first-order chi connectivity index (χ1) is 13.9. The Hall–Kier alpha value is -3.53. The van der Waals surface area contributed by atoms with Crippen LogP contribution in [0.5, 0.6) is 5.88 Å². The molecule has 3 aromatic rings. The van der Waals surface area contributed by atoms with E-state index in [9.17, 15) is 18.5 Å². The summed E-state index contributed by atoms with van der Waals surface area (Å²) in [5.74, 6) is 0.442. The largest absolute Gasteiger partial charge is 0.477 e. The van der Waals surface area contributed by atoms with E-state index in [0.29, 0.717) is 23.9 Å². The normalized spacial score (nSPS) is 11.1. The van der Waals surface area contributed by atoms with Crippen LogP contribution in [0.25, 0.3) is 11.3 Å². The van der Waals surface area contributed by atoms with Gasteiger partial charge < -0.3 is 4.74 Å². The monoisotopic (exact) mass is 414 g/mol. The van der Waals surface area contributed by atoms with Crippen LogP contribution in [0.1, 0.15) is 13.3 Å². The molecule has 1 heterocycles. The zero-order valence-electron chi connectivity index (χ0n) is 15.5. The van der Waals surface area contributed by atoms with Crippen molar-refractivity contribution in [2.75, 3.05) is 11.3 Å². The molecule has 0 unspecified atom stereocenters. The van der Waals surface area contributed by atoms with Crippen LogP contribution in [-0.4, -0.2) is 30.1 Å². The third kappa shape index (κ3) is 5.05. The number of nitro groups is 1. The van der Waals surface area contributed by atoms with Gasteiger partial charge in [-0.25, -0.2) is 8.42 Å². The summed E-state index contributed by atoms with van der Waals surface area (Å²) < 4.78 is 32.8. The Balaban J connectivity index is 1.75. The van der Waals surface area contributed by atoms with Gasteiger partial charge in [-0.05, 0) is 30.7 Å². The molecule has 0 amide bonds. The molecule has 0 saturated carbocycles. The highest BCUT2D eigenvalue weighted by atomic mass is 32.2. The zero-order chi connectivity index (χ0) is 20.9. The number of anilines is 1. The van der Waals surface area contributed by atoms with Gasteiger partial charge in [-0.3, -0.25) is 14.8 Å². The number of sulfonamides is 1. The highest BCUT2D eigenvalue weighted by Gasteiger charge is 2.17. The van der Waals surface area contributed by atoms with Crippen LogP contribution in [0.4, 0.5) is 11.4 Å². The van der Waals surface area contributed by atoms with Crippen molar-refractivity contribution < 1.29 is 18.1 Å². The van der Waals surface area contributed by atoms with Gasteiger partial charge in [0.05, 0.1) is 22.1 Å². The number of hydrogen-bond acceptors (Lipinski definition) is 7. The molecule has 29 heavy (non-hydrogen) atoms. The minimum absolute atomic E-state index is 0.190. The van der Waals surface area contributed by atoms with Crippen LogP contribution in [0, 0.1) is 10.1 Å². The predicted molar refractivity (Wildman–Crippen MR) is 107 cm³/mol. The van der Waals surface area contributed by atoms with E-state index in [0.717, 1.165) is 18.1 Å². The van der Waals surface area contributed by atoms with E-state index in [4.69, 9.17) is 4.74 Å². The van der Waals surface area contributed by atoms with Gasteiger partial charge in [-0.1, -0.05) is 25.1 Å². The molecule has 1 N–H and O–H groups in total.